The molecule has 0 spiro atoms. The van der Waals surface area contributed by atoms with E-state index in [-0.39, 0.29) is 16.9 Å². The number of hydrogen-bond acceptors (Lipinski definition) is 4. The second kappa shape index (κ2) is 6.34. The van der Waals surface area contributed by atoms with Gasteiger partial charge in [0.2, 0.25) is 10.0 Å². The third-order valence-corrected chi connectivity index (χ3v) is 5.17. The van der Waals surface area contributed by atoms with Crippen molar-refractivity contribution in [1.82, 2.24) is 4.72 Å². The van der Waals surface area contributed by atoms with Crippen molar-refractivity contribution < 1.29 is 18.3 Å². The molecule has 0 heterocycles. The summed E-state index contributed by atoms with van der Waals surface area (Å²) in [5.41, 5.74) is 0.598. The highest BCUT2D eigenvalue weighted by atomic mass is 32.2. The molecule has 0 unspecified atom stereocenters. The summed E-state index contributed by atoms with van der Waals surface area (Å²) in [5, 5.41) is 9.38. The van der Waals surface area contributed by atoms with Gasteiger partial charge >= 0.3 is 0 Å². The largest absolute Gasteiger partial charge is 0.493 e. The molecule has 2 N–H and O–H groups in total. The topological polar surface area (TPSA) is 75.6 Å². The predicted molar refractivity (Wildman–Crippen MR) is 80.7 cm³/mol. The van der Waals surface area contributed by atoms with Gasteiger partial charge in [0.25, 0.3) is 0 Å². The standard InChI is InChI=1S/C15H23NO4S/c1-3-8-20-14-5-4-13(9-12(14)10-17)21(18,19)16-11-15(2)6-7-15/h4-5,9,16-17H,3,6-8,10-11H2,1-2H3. The lowest BCUT2D eigenvalue weighted by Crippen LogP contribution is -2.29. The number of hydrogen-bond donors (Lipinski definition) is 2. The number of aliphatic hydroxyl groups is 1. The van der Waals surface area contributed by atoms with Gasteiger partial charge in [-0.05, 0) is 42.9 Å². The highest BCUT2D eigenvalue weighted by molar-refractivity contribution is 7.89. The Kier molecular flexibility index (Phi) is 4.91. The second-order valence-corrected chi connectivity index (χ2v) is 7.68. The first-order valence-electron chi connectivity index (χ1n) is 7.26. The summed E-state index contributed by atoms with van der Waals surface area (Å²) in [5.74, 6) is 0.535. The maximum Gasteiger partial charge on any atom is 0.240 e. The molecule has 1 saturated carbocycles. The molecule has 1 aromatic carbocycles. The minimum absolute atomic E-state index is 0.108. The zero-order chi connectivity index (χ0) is 15.5. The summed E-state index contributed by atoms with van der Waals surface area (Å²) in [6, 6.07) is 4.60. The van der Waals surface area contributed by atoms with Gasteiger partial charge in [0.05, 0.1) is 18.1 Å². The van der Waals surface area contributed by atoms with Crippen molar-refractivity contribution in [1.29, 1.82) is 0 Å². The molecular weight excluding hydrogens is 290 g/mol. The second-order valence-electron chi connectivity index (χ2n) is 5.91. The molecule has 1 fully saturated rings. The Bertz CT molecular complexity index is 594. The van der Waals surface area contributed by atoms with Gasteiger partial charge in [-0.3, -0.25) is 0 Å². The highest BCUT2D eigenvalue weighted by Gasteiger charge is 2.38. The van der Waals surface area contributed by atoms with Crippen LogP contribution in [-0.4, -0.2) is 26.7 Å². The van der Waals surface area contributed by atoms with Crippen LogP contribution in [0.4, 0.5) is 0 Å². The molecule has 0 saturated heterocycles. The Balaban J connectivity index is 2.14. The van der Waals surface area contributed by atoms with E-state index in [0.717, 1.165) is 19.3 Å². The Morgan fingerprint density at radius 1 is 1.38 bits per heavy atom. The Morgan fingerprint density at radius 3 is 2.67 bits per heavy atom. The van der Waals surface area contributed by atoms with E-state index in [4.69, 9.17) is 4.74 Å². The molecule has 5 nitrogen and oxygen atoms in total. The molecule has 1 aromatic rings. The van der Waals surface area contributed by atoms with Crippen molar-refractivity contribution in [3.8, 4) is 5.75 Å². The fourth-order valence-electron chi connectivity index (χ4n) is 1.94. The quantitative estimate of drug-likeness (QED) is 0.770. The van der Waals surface area contributed by atoms with Crippen LogP contribution in [-0.2, 0) is 16.6 Å². The molecule has 0 bridgehead atoms. The first kappa shape index (κ1) is 16.3. The minimum atomic E-state index is -3.54. The average Bonchev–Trinajstić information content (AvgIpc) is 3.21. The van der Waals surface area contributed by atoms with Crippen molar-refractivity contribution >= 4 is 10.0 Å². The van der Waals surface area contributed by atoms with E-state index in [0.29, 0.717) is 24.5 Å². The number of benzene rings is 1. The van der Waals surface area contributed by atoms with Gasteiger partial charge in [-0.15, -0.1) is 0 Å². The summed E-state index contributed by atoms with van der Waals surface area (Å²) in [6.07, 6.45) is 2.97. The molecule has 0 aromatic heterocycles. The van der Waals surface area contributed by atoms with E-state index in [9.17, 15) is 13.5 Å². The van der Waals surface area contributed by atoms with Gasteiger partial charge in [0.1, 0.15) is 5.75 Å². The van der Waals surface area contributed by atoms with Crippen LogP contribution in [0, 0.1) is 5.41 Å². The number of sulfonamides is 1. The van der Waals surface area contributed by atoms with Gasteiger partial charge < -0.3 is 9.84 Å². The van der Waals surface area contributed by atoms with Crippen molar-refractivity contribution in [3.05, 3.63) is 23.8 Å². The molecule has 1 aliphatic rings. The van der Waals surface area contributed by atoms with Crippen LogP contribution in [0.25, 0.3) is 0 Å². The van der Waals surface area contributed by atoms with Gasteiger partial charge in [0, 0.05) is 12.1 Å². The molecule has 0 aliphatic heterocycles. The fourth-order valence-corrected chi connectivity index (χ4v) is 3.19. The smallest absolute Gasteiger partial charge is 0.240 e. The maximum absolute atomic E-state index is 12.3. The van der Waals surface area contributed by atoms with Crippen molar-refractivity contribution in [2.24, 2.45) is 5.41 Å². The summed E-state index contributed by atoms with van der Waals surface area (Å²) in [4.78, 5) is 0.166. The van der Waals surface area contributed by atoms with Crippen LogP contribution in [0.1, 0.15) is 38.7 Å². The fraction of sp³-hybridized carbons (Fsp3) is 0.600. The van der Waals surface area contributed by atoms with Gasteiger partial charge in [0.15, 0.2) is 0 Å². The van der Waals surface area contributed by atoms with Crippen molar-refractivity contribution in [2.75, 3.05) is 13.2 Å². The summed E-state index contributed by atoms with van der Waals surface area (Å²) in [6.45, 7) is 4.80. The zero-order valence-corrected chi connectivity index (χ0v) is 13.4. The van der Waals surface area contributed by atoms with E-state index in [1.807, 2.05) is 6.92 Å². The maximum atomic E-state index is 12.3. The first-order chi connectivity index (χ1) is 9.90. The van der Waals surface area contributed by atoms with Crippen molar-refractivity contribution in [3.63, 3.8) is 0 Å². The molecule has 6 heteroatoms. The SMILES string of the molecule is CCCOc1ccc(S(=O)(=O)NCC2(C)CC2)cc1CO. The van der Waals surface area contributed by atoms with Gasteiger partial charge in [-0.1, -0.05) is 13.8 Å². The Morgan fingerprint density at radius 2 is 2.10 bits per heavy atom. The third-order valence-electron chi connectivity index (χ3n) is 3.77. The van der Waals surface area contributed by atoms with Crippen LogP contribution in [0.2, 0.25) is 0 Å². The number of ether oxygens (including phenoxy) is 1. The van der Waals surface area contributed by atoms with E-state index in [2.05, 4.69) is 11.6 Å². The number of rotatable bonds is 8. The van der Waals surface area contributed by atoms with Gasteiger partial charge in [-0.2, -0.15) is 0 Å². The summed E-state index contributed by atoms with van der Waals surface area (Å²) in [7, 11) is -3.54. The van der Waals surface area contributed by atoms with E-state index in [1.54, 1.807) is 6.07 Å². The lowest BCUT2D eigenvalue weighted by Gasteiger charge is -2.13. The van der Waals surface area contributed by atoms with Crippen molar-refractivity contribution in [2.45, 2.75) is 44.6 Å². The molecular formula is C15H23NO4S. The molecule has 118 valence electrons. The zero-order valence-electron chi connectivity index (χ0n) is 12.6. The Labute approximate surface area is 126 Å². The summed E-state index contributed by atoms with van der Waals surface area (Å²) < 4.78 is 32.7. The molecule has 0 amide bonds. The molecule has 0 radical (unpaired) electrons. The summed E-state index contributed by atoms with van der Waals surface area (Å²) >= 11 is 0. The van der Waals surface area contributed by atoms with Crippen LogP contribution >= 0.6 is 0 Å². The lowest BCUT2D eigenvalue weighted by molar-refractivity contribution is 0.262. The van der Waals surface area contributed by atoms with Crippen LogP contribution in [0.15, 0.2) is 23.1 Å². The van der Waals surface area contributed by atoms with E-state index >= 15 is 0 Å². The minimum Gasteiger partial charge on any atom is -0.493 e. The number of aliphatic hydroxyl groups excluding tert-OH is 1. The van der Waals surface area contributed by atoms with Crippen LogP contribution < -0.4 is 9.46 Å². The molecule has 1 aliphatic carbocycles. The normalized spacial score (nSPS) is 16.7. The lowest BCUT2D eigenvalue weighted by atomic mass is 10.2. The predicted octanol–water partition coefficient (Wildman–Crippen LogP) is 2.05. The van der Waals surface area contributed by atoms with E-state index < -0.39 is 10.0 Å². The van der Waals surface area contributed by atoms with Gasteiger partial charge in [-0.25, -0.2) is 13.1 Å². The highest BCUT2D eigenvalue weighted by Crippen LogP contribution is 2.44. The molecule has 0 atom stereocenters. The monoisotopic (exact) mass is 313 g/mol. The molecule has 21 heavy (non-hydrogen) atoms. The van der Waals surface area contributed by atoms with E-state index in [1.165, 1.54) is 12.1 Å². The Hall–Kier alpha value is -1.11. The first-order valence-corrected chi connectivity index (χ1v) is 8.75. The average molecular weight is 313 g/mol. The molecule has 2 rings (SSSR count). The number of nitrogens with one attached hydrogen (secondary N) is 1. The van der Waals surface area contributed by atoms with Crippen LogP contribution in [0.3, 0.4) is 0 Å². The third kappa shape index (κ3) is 4.18. The van der Waals surface area contributed by atoms with Crippen LogP contribution in [0.5, 0.6) is 5.75 Å².